The molecule has 2 aliphatic rings. The molecule has 5 nitrogen and oxygen atoms in total. The van der Waals surface area contributed by atoms with E-state index < -0.39 is 0 Å². The molecule has 0 bridgehead atoms. The van der Waals surface area contributed by atoms with Crippen LogP contribution < -0.4 is 10.6 Å². The molecule has 2 saturated heterocycles. The number of nitrogens with one attached hydrogen (secondary N) is 2. The lowest BCUT2D eigenvalue weighted by atomic mass is 9.96. The number of piperidine rings is 1. The van der Waals surface area contributed by atoms with Crippen LogP contribution in [0.2, 0.25) is 0 Å². The van der Waals surface area contributed by atoms with E-state index in [0.29, 0.717) is 13.0 Å². The minimum atomic E-state index is -0.124. The molecule has 0 aromatic heterocycles. The summed E-state index contributed by atoms with van der Waals surface area (Å²) in [7, 11) is 0. The zero-order valence-electron chi connectivity index (χ0n) is 13.9. The number of halogens is 1. The van der Waals surface area contributed by atoms with Crippen molar-refractivity contribution in [2.75, 3.05) is 26.2 Å². The fraction of sp³-hybridized carbons (Fsp3) is 0.556. The molecule has 0 spiro atoms. The first-order valence-electron chi connectivity index (χ1n) is 8.58. The van der Waals surface area contributed by atoms with E-state index in [0.717, 1.165) is 44.5 Å². The molecular weight excluding hydrogens is 326 g/mol. The van der Waals surface area contributed by atoms with Gasteiger partial charge in [-0.15, -0.1) is 12.4 Å². The standard InChI is InChI=1S/C18H25N3O2.ClH/c22-17-7-4-12-21(17)13-16(14-5-2-1-3-6-14)20-18(23)15-8-10-19-11-9-15;/h1-3,5-6,15-16,19H,4,7-13H2,(H,20,23);1H. The first-order chi connectivity index (χ1) is 11.2. The van der Waals surface area contributed by atoms with Gasteiger partial charge in [0.05, 0.1) is 6.04 Å². The van der Waals surface area contributed by atoms with Crippen molar-refractivity contribution in [3.8, 4) is 0 Å². The van der Waals surface area contributed by atoms with E-state index in [-0.39, 0.29) is 36.2 Å². The summed E-state index contributed by atoms with van der Waals surface area (Å²) in [6.07, 6.45) is 3.32. The highest BCUT2D eigenvalue weighted by atomic mass is 35.5. The molecule has 0 aliphatic carbocycles. The normalized spacial score (nSPS) is 19.7. The third-order valence-corrected chi connectivity index (χ3v) is 4.80. The maximum Gasteiger partial charge on any atom is 0.223 e. The van der Waals surface area contributed by atoms with Gasteiger partial charge in [-0.3, -0.25) is 9.59 Å². The van der Waals surface area contributed by atoms with E-state index in [1.54, 1.807) is 0 Å². The Morgan fingerprint density at radius 2 is 1.96 bits per heavy atom. The Morgan fingerprint density at radius 1 is 1.25 bits per heavy atom. The number of carbonyl (C=O) groups excluding carboxylic acids is 2. The summed E-state index contributed by atoms with van der Waals surface area (Å²) >= 11 is 0. The van der Waals surface area contributed by atoms with E-state index in [1.165, 1.54) is 0 Å². The zero-order chi connectivity index (χ0) is 16.1. The van der Waals surface area contributed by atoms with Crippen LogP contribution in [0.4, 0.5) is 0 Å². The predicted octanol–water partition coefficient (Wildman–Crippen LogP) is 1.89. The second-order valence-corrected chi connectivity index (χ2v) is 6.44. The highest BCUT2D eigenvalue weighted by Gasteiger charge is 2.28. The number of likely N-dealkylation sites (tertiary alicyclic amines) is 1. The summed E-state index contributed by atoms with van der Waals surface area (Å²) in [6.45, 7) is 3.17. The van der Waals surface area contributed by atoms with Crippen molar-refractivity contribution >= 4 is 24.2 Å². The highest BCUT2D eigenvalue weighted by molar-refractivity contribution is 5.85. The topological polar surface area (TPSA) is 61.4 Å². The highest BCUT2D eigenvalue weighted by Crippen LogP contribution is 2.20. The molecule has 2 N–H and O–H groups in total. The number of rotatable bonds is 5. The van der Waals surface area contributed by atoms with E-state index in [4.69, 9.17) is 0 Å². The Labute approximate surface area is 149 Å². The molecule has 24 heavy (non-hydrogen) atoms. The lowest BCUT2D eigenvalue weighted by Gasteiger charge is -2.28. The van der Waals surface area contributed by atoms with Gasteiger partial charge in [0.1, 0.15) is 0 Å². The van der Waals surface area contributed by atoms with Gasteiger partial charge in [0.2, 0.25) is 11.8 Å². The van der Waals surface area contributed by atoms with Crippen molar-refractivity contribution in [1.29, 1.82) is 0 Å². The SMILES string of the molecule is Cl.O=C(NC(CN1CCCC1=O)c1ccccc1)C1CCNCC1. The molecule has 2 aliphatic heterocycles. The molecule has 2 heterocycles. The van der Waals surface area contributed by atoms with Gasteiger partial charge in [-0.05, 0) is 37.9 Å². The second kappa shape index (κ2) is 9.04. The molecule has 132 valence electrons. The van der Waals surface area contributed by atoms with Crippen LogP contribution in [0.25, 0.3) is 0 Å². The van der Waals surface area contributed by atoms with Crippen molar-refractivity contribution in [3.63, 3.8) is 0 Å². The fourth-order valence-corrected chi connectivity index (χ4v) is 3.41. The molecule has 2 amide bonds. The molecule has 0 saturated carbocycles. The molecule has 3 rings (SSSR count). The molecule has 1 unspecified atom stereocenters. The third kappa shape index (κ3) is 4.71. The van der Waals surface area contributed by atoms with Gasteiger partial charge >= 0.3 is 0 Å². The van der Waals surface area contributed by atoms with E-state index in [9.17, 15) is 9.59 Å². The van der Waals surface area contributed by atoms with Crippen LogP contribution in [0.3, 0.4) is 0 Å². The van der Waals surface area contributed by atoms with Gasteiger partial charge in [0.15, 0.2) is 0 Å². The number of nitrogens with zero attached hydrogens (tertiary/aromatic N) is 1. The maximum atomic E-state index is 12.6. The summed E-state index contributed by atoms with van der Waals surface area (Å²) in [5, 5.41) is 6.48. The third-order valence-electron chi connectivity index (χ3n) is 4.80. The second-order valence-electron chi connectivity index (χ2n) is 6.44. The molecule has 1 aromatic rings. The van der Waals surface area contributed by atoms with Crippen molar-refractivity contribution < 1.29 is 9.59 Å². The van der Waals surface area contributed by atoms with Gasteiger partial charge in [-0.2, -0.15) is 0 Å². The van der Waals surface area contributed by atoms with Crippen LogP contribution in [0.15, 0.2) is 30.3 Å². The van der Waals surface area contributed by atoms with E-state index in [1.807, 2.05) is 35.2 Å². The van der Waals surface area contributed by atoms with Crippen molar-refractivity contribution in [3.05, 3.63) is 35.9 Å². The van der Waals surface area contributed by atoms with Crippen LogP contribution in [0.5, 0.6) is 0 Å². The van der Waals surface area contributed by atoms with Crippen molar-refractivity contribution in [2.24, 2.45) is 5.92 Å². The minimum absolute atomic E-state index is 0. The molecule has 2 fully saturated rings. The first-order valence-corrected chi connectivity index (χ1v) is 8.58. The van der Waals surface area contributed by atoms with E-state index in [2.05, 4.69) is 10.6 Å². The van der Waals surface area contributed by atoms with Gasteiger partial charge in [0.25, 0.3) is 0 Å². The smallest absolute Gasteiger partial charge is 0.223 e. The van der Waals surface area contributed by atoms with Gasteiger partial charge in [0, 0.05) is 25.4 Å². The quantitative estimate of drug-likeness (QED) is 0.851. The average Bonchev–Trinajstić information content (AvgIpc) is 3.00. The monoisotopic (exact) mass is 351 g/mol. The lowest BCUT2D eigenvalue weighted by Crippen LogP contribution is -2.43. The Kier molecular flexibility index (Phi) is 7.06. The molecule has 6 heteroatoms. The van der Waals surface area contributed by atoms with Gasteiger partial charge in [-0.1, -0.05) is 30.3 Å². The number of hydrogen-bond acceptors (Lipinski definition) is 3. The number of benzene rings is 1. The average molecular weight is 352 g/mol. The molecular formula is C18H26ClN3O2. The lowest BCUT2D eigenvalue weighted by molar-refractivity contribution is -0.130. The van der Waals surface area contributed by atoms with Crippen LogP contribution in [0, 0.1) is 5.92 Å². The zero-order valence-corrected chi connectivity index (χ0v) is 14.7. The summed E-state index contributed by atoms with van der Waals surface area (Å²) in [5.41, 5.74) is 1.06. The largest absolute Gasteiger partial charge is 0.347 e. The summed E-state index contributed by atoms with van der Waals surface area (Å²) in [5.74, 6) is 0.394. The van der Waals surface area contributed by atoms with Gasteiger partial charge < -0.3 is 15.5 Å². The Morgan fingerprint density at radius 3 is 2.58 bits per heavy atom. The predicted molar refractivity (Wildman–Crippen MR) is 96.0 cm³/mol. The van der Waals surface area contributed by atoms with E-state index >= 15 is 0 Å². The van der Waals surface area contributed by atoms with Crippen LogP contribution >= 0.6 is 12.4 Å². The molecule has 1 atom stereocenters. The Hall–Kier alpha value is -1.59. The first kappa shape index (κ1) is 18.7. The fourth-order valence-electron chi connectivity index (χ4n) is 3.41. The summed E-state index contributed by atoms with van der Waals surface area (Å²) in [4.78, 5) is 26.4. The van der Waals surface area contributed by atoms with Crippen LogP contribution in [-0.4, -0.2) is 42.9 Å². The van der Waals surface area contributed by atoms with Crippen molar-refractivity contribution in [2.45, 2.75) is 31.7 Å². The number of hydrogen-bond donors (Lipinski definition) is 2. The maximum absolute atomic E-state index is 12.6. The minimum Gasteiger partial charge on any atom is -0.347 e. The molecule has 0 radical (unpaired) electrons. The number of carbonyl (C=O) groups is 2. The van der Waals surface area contributed by atoms with Crippen LogP contribution in [0.1, 0.15) is 37.3 Å². The van der Waals surface area contributed by atoms with Crippen molar-refractivity contribution in [1.82, 2.24) is 15.5 Å². The van der Waals surface area contributed by atoms with Crippen LogP contribution in [-0.2, 0) is 9.59 Å². The summed E-state index contributed by atoms with van der Waals surface area (Å²) < 4.78 is 0. The number of amides is 2. The Balaban J connectivity index is 0.00000208. The Bertz CT molecular complexity index is 546. The summed E-state index contributed by atoms with van der Waals surface area (Å²) in [6, 6.07) is 9.84. The van der Waals surface area contributed by atoms with Gasteiger partial charge in [-0.25, -0.2) is 0 Å². The molecule has 1 aromatic carbocycles.